The van der Waals surface area contributed by atoms with Gasteiger partial charge >= 0.3 is 6.18 Å². The summed E-state index contributed by atoms with van der Waals surface area (Å²) in [4.78, 5) is 21.4. The molecule has 0 unspecified atom stereocenters. The molecular formula is C11H6F7NO2. The normalized spacial score (nSPS) is 11.4. The van der Waals surface area contributed by atoms with E-state index in [1.807, 2.05) is 0 Å². The summed E-state index contributed by atoms with van der Waals surface area (Å²) in [5.41, 5.74) is -4.17. The van der Waals surface area contributed by atoms with Crippen molar-refractivity contribution >= 4 is 11.7 Å². The van der Waals surface area contributed by atoms with Crippen LogP contribution >= 0.6 is 0 Å². The van der Waals surface area contributed by atoms with E-state index in [0.29, 0.717) is 0 Å². The Bertz CT molecular complexity index is 581. The van der Waals surface area contributed by atoms with Crippen LogP contribution in [-0.2, 0) is 22.3 Å². The fourth-order valence-electron chi connectivity index (χ4n) is 1.37. The quantitative estimate of drug-likeness (QED) is 0.529. The van der Waals surface area contributed by atoms with Gasteiger partial charge in [0.05, 0.1) is 0 Å². The molecule has 0 fully saturated rings. The summed E-state index contributed by atoms with van der Waals surface area (Å²) in [6, 6.07) is 0. The first-order valence-corrected chi connectivity index (χ1v) is 5.19. The molecule has 10 heteroatoms. The average Bonchev–Trinajstić information content (AvgIpc) is 2.34. The van der Waals surface area contributed by atoms with Crippen LogP contribution in [0.25, 0.3) is 0 Å². The summed E-state index contributed by atoms with van der Waals surface area (Å²) in [7, 11) is 0. The number of carbonyl (C=O) groups is 2. The maximum absolute atomic E-state index is 13.4. The van der Waals surface area contributed by atoms with Crippen molar-refractivity contribution in [2.75, 3.05) is 0 Å². The van der Waals surface area contributed by atoms with Crippen molar-refractivity contribution < 1.29 is 40.3 Å². The van der Waals surface area contributed by atoms with Gasteiger partial charge in [-0.2, -0.15) is 13.2 Å². The number of ketones is 1. The Morgan fingerprint density at radius 2 is 1.38 bits per heavy atom. The van der Waals surface area contributed by atoms with Gasteiger partial charge < -0.3 is 5.32 Å². The van der Waals surface area contributed by atoms with Crippen molar-refractivity contribution in [3.8, 4) is 0 Å². The topological polar surface area (TPSA) is 46.2 Å². The monoisotopic (exact) mass is 317 g/mol. The second kappa shape index (κ2) is 5.70. The third-order valence-corrected chi connectivity index (χ3v) is 2.38. The number of hydrogen-bond acceptors (Lipinski definition) is 2. The molecule has 0 saturated heterocycles. The molecule has 0 atom stereocenters. The van der Waals surface area contributed by atoms with Crippen molar-refractivity contribution in [2.24, 2.45) is 0 Å². The predicted octanol–water partition coefficient (Wildman–Crippen LogP) is 2.47. The van der Waals surface area contributed by atoms with Crippen LogP contribution in [0, 0.1) is 23.3 Å². The molecule has 0 saturated carbocycles. The fraction of sp³-hybridized carbons (Fsp3) is 0.273. The van der Waals surface area contributed by atoms with Crippen molar-refractivity contribution in [3.63, 3.8) is 0 Å². The zero-order valence-corrected chi connectivity index (χ0v) is 10.2. The number of amides is 1. The lowest BCUT2D eigenvalue weighted by Crippen LogP contribution is -2.30. The minimum absolute atomic E-state index is 0.802. The molecule has 21 heavy (non-hydrogen) atoms. The second-order valence-electron chi connectivity index (χ2n) is 3.85. The summed E-state index contributed by atoms with van der Waals surface area (Å²) >= 11 is 0. The molecule has 3 nitrogen and oxygen atoms in total. The number of nitrogens with one attached hydrogen (secondary N) is 1. The molecule has 1 N–H and O–H groups in total. The Hall–Kier alpha value is -2.13. The lowest BCUT2D eigenvalue weighted by atomic mass is 10.1. The first-order chi connectivity index (χ1) is 9.48. The largest absolute Gasteiger partial charge is 0.422 e. The van der Waals surface area contributed by atoms with E-state index in [2.05, 4.69) is 0 Å². The van der Waals surface area contributed by atoms with E-state index in [1.165, 1.54) is 0 Å². The molecular weight excluding hydrogens is 311 g/mol. The van der Waals surface area contributed by atoms with E-state index in [-0.39, 0.29) is 0 Å². The number of carbonyl (C=O) groups excluding carboxylic acids is 2. The smallest absolute Gasteiger partial charge is 0.345 e. The van der Waals surface area contributed by atoms with Gasteiger partial charge in [-0.1, -0.05) is 0 Å². The Kier molecular flexibility index (Phi) is 4.59. The first-order valence-electron chi connectivity index (χ1n) is 5.19. The third-order valence-electron chi connectivity index (χ3n) is 2.38. The maximum atomic E-state index is 13.4. The summed E-state index contributed by atoms with van der Waals surface area (Å²) in [5, 5.41) is 1.61. The van der Waals surface area contributed by atoms with Crippen molar-refractivity contribution in [1.29, 1.82) is 0 Å². The fourth-order valence-corrected chi connectivity index (χ4v) is 1.37. The first kappa shape index (κ1) is 16.9. The van der Waals surface area contributed by atoms with Gasteiger partial charge in [-0.15, -0.1) is 0 Å². The van der Waals surface area contributed by atoms with E-state index in [4.69, 9.17) is 0 Å². The van der Waals surface area contributed by atoms with Gasteiger partial charge in [0, 0.05) is 19.0 Å². The van der Waals surface area contributed by atoms with Gasteiger partial charge in [-0.3, -0.25) is 9.59 Å². The highest BCUT2D eigenvalue weighted by molar-refractivity contribution is 6.35. The van der Waals surface area contributed by atoms with Crippen LogP contribution in [-0.4, -0.2) is 11.7 Å². The van der Waals surface area contributed by atoms with Crippen molar-refractivity contribution in [2.45, 2.75) is 19.6 Å². The van der Waals surface area contributed by atoms with Crippen LogP contribution < -0.4 is 5.32 Å². The molecule has 0 bridgehead atoms. The lowest BCUT2D eigenvalue weighted by molar-refractivity contribution is -0.143. The van der Waals surface area contributed by atoms with Gasteiger partial charge in [0.1, 0.15) is 5.56 Å². The van der Waals surface area contributed by atoms with Gasteiger partial charge in [0.25, 0.3) is 5.91 Å². The second-order valence-corrected chi connectivity index (χ2v) is 3.85. The molecule has 0 aliphatic heterocycles. The Morgan fingerprint density at radius 1 is 0.952 bits per heavy atom. The summed E-state index contributed by atoms with van der Waals surface area (Å²) in [6.45, 7) is -0.391. The van der Waals surface area contributed by atoms with Crippen LogP contribution in [0.15, 0.2) is 0 Å². The number of alkyl halides is 3. The molecule has 1 amide bonds. The Balaban J connectivity index is 3.32. The number of hydrogen-bond donors (Lipinski definition) is 1. The van der Waals surface area contributed by atoms with Gasteiger partial charge in [0.15, 0.2) is 23.3 Å². The van der Waals surface area contributed by atoms with E-state index in [0.717, 1.165) is 6.92 Å². The van der Waals surface area contributed by atoms with E-state index < -0.39 is 58.8 Å². The number of halogens is 7. The van der Waals surface area contributed by atoms with Crippen LogP contribution in [0.4, 0.5) is 30.7 Å². The molecule has 0 spiro atoms. The van der Waals surface area contributed by atoms with Gasteiger partial charge in [-0.05, 0) is 0 Å². The highest BCUT2D eigenvalue weighted by Crippen LogP contribution is 2.36. The molecule has 0 aliphatic rings. The zero-order chi connectivity index (χ0) is 16.5. The Morgan fingerprint density at radius 3 is 1.71 bits per heavy atom. The standard InChI is InChI=1S/C11H6F7NO2/c1-3(20)10(21)19-2-4-6(12)8(14)5(11(16,17)18)9(15)7(4)13/h2H2,1H3,(H,19,21). The van der Waals surface area contributed by atoms with E-state index >= 15 is 0 Å². The SMILES string of the molecule is CC(=O)C(=O)NCc1c(F)c(F)c(C(F)(F)F)c(F)c1F. The highest BCUT2D eigenvalue weighted by Gasteiger charge is 2.42. The van der Waals surface area contributed by atoms with Gasteiger partial charge in [0.2, 0.25) is 5.78 Å². The van der Waals surface area contributed by atoms with E-state index in [1.54, 1.807) is 5.32 Å². The predicted molar refractivity (Wildman–Crippen MR) is 53.8 cm³/mol. The summed E-state index contributed by atoms with van der Waals surface area (Å²) < 4.78 is 90.0. The molecule has 0 radical (unpaired) electrons. The molecule has 116 valence electrons. The zero-order valence-electron chi connectivity index (χ0n) is 10.2. The summed E-state index contributed by atoms with van der Waals surface area (Å²) in [5.74, 6) is -12.3. The van der Waals surface area contributed by atoms with Crippen molar-refractivity contribution in [3.05, 3.63) is 34.4 Å². The lowest BCUT2D eigenvalue weighted by Gasteiger charge is -2.14. The number of rotatable bonds is 3. The highest BCUT2D eigenvalue weighted by atomic mass is 19.4. The molecule has 0 heterocycles. The van der Waals surface area contributed by atoms with Crippen LogP contribution in [0.2, 0.25) is 0 Å². The molecule has 1 aromatic rings. The molecule has 0 aliphatic carbocycles. The average molecular weight is 317 g/mol. The van der Waals surface area contributed by atoms with Crippen LogP contribution in [0.3, 0.4) is 0 Å². The van der Waals surface area contributed by atoms with E-state index in [9.17, 15) is 40.3 Å². The minimum atomic E-state index is -5.64. The Labute approximate surface area is 112 Å². The third kappa shape index (κ3) is 3.31. The van der Waals surface area contributed by atoms with Crippen LogP contribution in [0.1, 0.15) is 18.1 Å². The molecule has 1 rings (SSSR count). The minimum Gasteiger partial charge on any atom is -0.345 e. The maximum Gasteiger partial charge on any atom is 0.422 e. The molecule has 1 aromatic carbocycles. The summed E-state index contributed by atoms with van der Waals surface area (Å²) in [6.07, 6.45) is -5.64. The molecule has 0 aromatic heterocycles. The number of Topliss-reactive ketones (excluding diaryl/α,β-unsaturated/α-hetero) is 1. The van der Waals surface area contributed by atoms with Crippen molar-refractivity contribution in [1.82, 2.24) is 5.32 Å². The van der Waals surface area contributed by atoms with Crippen LogP contribution in [0.5, 0.6) is 0 Å². The van der Waals surface area contributed by atoms with Gasteiger partial charge in [-0.25, -0.2) is 17.6 Å². The number of benzene rings is 1.